The van der Waals surface area contributed by atoms with Gasteiger partial charge in [-0.2, -0.15) is 0 Å². The zero-order chi connectivity index (χ0) is 65.7. The third-order valence-electron chi connectivity index (χ3n) is 12.9. The van der Waals surface area contributed by atoms with Crippen molar-refractivity contribution in [2.24, 2.45) is 77.3 Å². The van der Waals surface area contributed by atoms with E-state index >= 15 is 0 Å². The maximum atomic E-state index is 14.4. The highest BCUT2D eigenvalue weighted by Crippen LogP contribution is 2.29. The fourth-order valence-corrected chi connectivity index (χ4v) is 8.44. The predicted molar refractivity (Wildman–Crippen MR) is 336 cm³/mol. The number of primary amides is 1. The van der Waals surface area contributed by atoms with Gasteiger partial charge in [-0.05, 0) is 124 Å². The minimum absolute atomic E-state index is 0.00590. The number of hydrogen-bond acceptors (Lipinski definition) is 17. The van der Waals surface area contributed by atoms with Crippen molar-refractivity contribution in [3.8, 4) is 23.0 Å². The highest BCUT2D eigenvalue weighted by molar-refractivity contribution is 6.08. The van der Waals surface area contributed by atoms with Crippen LogP contribution in [0.25, 0.3) is 0 Å². The lowest BCUT2D eigenvalue weighted by Crippen LogP contribution is -2.44. The van der Waals surface area contributed by atoms with Crippen LogP contribution in [0.4, 0.5) is 22.7 Å². The van der Waals surface area contributed by atoms with Crippen LogP contribution in [0.5, 0.6) is 23.0 Å². The van der Waals surface area contributed by atoms with Gasteiger partial charge in [-0.1, -0.05) is 0 Å². The first-order valence-electron chi connectivity index (χ1n) is 27.5. The van der Waals surface area contributed by atoms with Crippen LogP contribution in [0.2, 0.25) is 0 Å². The fraction of sp³-hybridized carbons (Fsp3) is 0.357. The number of carbonyl (C=O) groups excluding carboxylic acids is 8. The zero-order valence-corrected chi connectivity index (χ0v) is 49.7. The quantitative estimate of drug-likeness (QED) is 0.0142. The number of aliphatic imine (C=N–C) groups is 4. The van der Waals surface area contributed by atoms with Gasteiger partial charge >= 0.3 is 0 Å². The minimum Gasteiger partial charge on any atom is -0.496 e. The number of ether oxygens (including phenoxy) is 4. The molecule has 0 aliphatic carbocycles. The molecule has 0 spiro atoms. The van der Waals surface area contributed by atoms with Crippen molar-refractivity contribution in [2.75, 3.05) is 75.9 Å². The molecule has 4 rings (SSSR count). The molecule has 8 amide bonds. The topological polar surface area (TPSA) is 567 Å². The van der Waals surface area contributed by atoms with Gasteiger partial charge in [0.05, 0.1) is 56.9 Å². The number of nitrogens with one attached hydrogen (secondary N) is 7. The molecule has 4 aromatic carbocycles. The lowest BCUT2D eigenvalue weighted by Gasteiger charge is -2.22. The van der Waals surface area contributed by atoms with E-state index in [9.17, 15) is 38.4 Å². The van der Waals surface area contributed by atoms with Crippen molar-refractivity contribution in [1.29, 1.82) is 0 Å². The van der Waals surface area contributed by atoms with Crippen molar-refractivity contribution in [3.05, 3.63) is 95.1 Å². The number of amides is 8. The molecule has 4 atom stereocenters. The molecule has 0 aromatic heterocycles. The molecule has 89 heavy (non-hydrogen) atoms. The summed E-state index contributed by atoms with van der Waals surface area (Å²) >= 11 is 0. The summed E-state index contributed by atoms with van der Waals surface area (Å²) in [6, 6.07) is 11.9. The third-order valence-corrected chi connectivity index (χ3v) is 12.9. The van der Waals surface area contributed by atoms with Crippen LogP contribution < -0.4 is 114 Å². The summed E-state index contributed by atoms with van der Waals surface area (Å²) in [5.41, 5.74) is 55.7. The molecule has 0 fully saturated rings. The Hall–Kier alpha value is -11.1. The van der Waals surface area contributed by atoms with Crippen LogP contribution in [0.1, 0.15) is 92.8 Å². The van der Waals surface area contributed by atoms with Gasteiger partial charge in [0.1, 0.15) is 41.1 Å². The molecule has 0 unspecified atom stereocenters. The molecule has 0 aliphatic rings. The Balaban J connectivity index is 1.61. The maximum absolute atomic E-state index is 14.4. The van der Waals surface area contributed by atoms with Crippen molar-refractivity contribution in [3.63, 3.8) is 0 Å². The molecule has 33 nitrogen and oxygen atoms in total. The van der Waals surface area contributed by atoms with Gasteiger partial charge in [-0.3, -0.25) is 58.3 Å². The van der Waals surface area contributed by atoms with Crippen molar-refractivity contribution in [2.45, 2.75) is 75.5 Å². The second kappa shape index (κ2) is 35.4. The first kappa shape index (κ1) is 70.4. The number of rotatable bonds is 35. The number of nitrogens with zero attached hydrogens (tertiary/aromatic N) is 4. The molecule has 27 N–H and O–H groups in total. The Labute approximate surface area is 512 Å². The van der Waals surface area contributed by atoms with Crippen LogP contribution in [0.3, 0.4) is 0 Å². The van der Waals surface area contributed by atoms with Crippen LogP contribution in [-0.2, 0) is 19.2 Å². The fourth-order valence-electron chi connectivity index (χ4n) is 8.44. The first-order chi connectivity index (χ1) is 42.4. The van der Waals surface area contributed by atoms with E-state index in [1.165, 1.54) is 101 Å². The second-order valence-electron chi connectivity index (χ2n) is 19.5. The summed E-state index contributed by atoms with van der Waals surface area (Å²) in [5, 5.41) is 18.9. The normalized spacial score (nSPS) is 11.9. The van der Waals surface area contributed by atoms with Crippen LogP contribution in [-0.4, -0.2) is 150 Å². The largest absolute Gasteiger partial charge is 0.496 e. The van der Waals surface area contributed by atoms with Gasteiger partial charge in [0, 0.05) is 48.8 Å². The molecule has 0 saturated heterocycles. The Morgan fingerprint density at radius 2 is 0.697 bits per heavy atom. The molecule has 4 aromatic rings. The lowest BCUT2D eigenvalue weighted by atomic mass is 10.1. The Bertz CT molecular complexity index is 3290. The molecular weight excluding hydrogens is 1160 g/mol. The van der Waals surface area contributed by atoms with E-state index in [0.717, 1.165) is 0 Å². The van der Waals surface area contributed by atoms with Crippen molar-refractivity contribution in [1.82, 2.24) is 16.0 Å². The summed E-state index contributed by atoms with van der Waals surface area (Å²) < 4.78 is 21.8. The third kappa shape index (κ3) is 23.0. The number of guanidine groups is 4. The molecule has 0 heterocycles. The SMILES string of the molecule is COc1ccc(C(N)=O)cc1NC(=O)[C@@H](CCCN=C(N)N)NC(=O)c1cc(NC(=O)[C@@H](CCCN=C(N)N)NC(=O)c2cc(NC(=O)[C@@H](CCCN=C(N)N)NC(=O)c3cc(NC(=O)[C@H](N)CCCN=C(N)N)ccc3OC)ccc2OC)ccc1OC. The van der Waals surface area contributed by atoms with Gasteiger partial charge < -0.3 is 114 Å². The molecular formula is C56H79N21O12. The van der Waals surface area contributed by atoms with Gasteiger partial charge in [-0.15, -0.1) is 0 Å². The van der Waals surface area contributed by atoms with Gasteiger partial charge in [0.25, 0.3) is 17.7 Å². The van der Waals surface area contributed by atoms with Crippen molar-refractivity contribution < 1.29 is 57.3 Å². The summed E-state index contributed by atoms with van der Waals surface area (Å²) in [6.45, 7) is 0.499. The van der Waals surface area contributed by atoms with Crippen LogP contribution >= 0.6 is 0 Å². The van der Waals surface area contributed by atoms with E-state index in [-0.39, 0.29) is 163 Å². The molecule has 33 heteroatoms. The smallest absolute Gasteiger partial charge is 0.255 e. The monoisotopic (exact) mass is 1240 g/mol. The number of anilines is 4. The Kier molecular flexibility index (Phi) is 28.0. The molecule has 480 valence electrons. The van der Waals surface area contributed by atoms with Gasteiger partial charge in [0.15, 0.2) is 23.8 Å². The van der Waals surface area contributed by atoms with E-state index in [4.69, 9.17) is 76.3 Å². The average Bonchev–Trinajstić information content (AvgIpc) is 2.13. The average molecular weight is 1240 g/mol. The van der Waals surface area contributed by atoms with Crippen LogP contribution in [0.15, 0.2) is 92.8 Å². The van der Waals surface area contributed by atoms with E-state index in [1.807, 2.05) is 0 Å². The summed E-state index contributed by atoms with van der Waals surface area (Å²) in [6.07, 6.45) is 1.21. The van der Waals surface area contributed by atoms with E-state index in [1.54, 1.807) is 0 Å². The van der Waals surface area contributed by atoms with Gasteiger partial charge in [0.2, 0.25) is 29.5 Å². The highest BCUT2D eigenvalue weighted by atomic mass is 16.5. The molecule has 0 aliphatic heterocycles. The molecule has 0 radical (unpaired) electrons. The summed E-state index contributed by atoms with van der Waals surface area (Å²) in [4.78, 5) is 126. The maximum Gasteiger partial charge on any atom is 0.255 e. The number of methoxy groups -OCH3 is 4. The number of hydrogen-bond donors (Lipinski definition) is 17. The first-order valence-corrected chi connectivity index (χ1v) is 27.5. The number of nitrogens with two attached hydrogens (primary N) is 10. The zero-order valence-electron chi connectivity index (χ0n) is 49.7. The molecule has 0 saturated carbocycles. The van der Waals surface area contributed by atoms with E-state index in [0.29, 0.717) is 6.42 Å². The standard InChI is InChI=1S/C56H79N21O12/c1-86-41-18-14-30(71-49(82)36(57)9-5-21-67-53(59)60)26-33(41)46(79)74-37(10-6-22-68-54(61)62)50(83)72-31-15-19-42(87-2)34(27-31)47(80)75-38(11-7-23-69-55(63)64)51(84)73-32-16-20-43(88-3)35(28-32)48(81)76-39(12-8-24-70-56(65)66)52(85)77-40-25-29(45(58)78)13-17-44(40)89-4/h13-20,25-28,36-39H,5-12,21-24,57H2,1-4H3,(H2,58,78)(H,71,82)(H,72,83)(H,73,84)(H,74,79)(H,75,80)(H,76,81)(H,77,85)(H4,59,60,67)(H4,61,62,68)(H4,63,64,69)(H4,65,66,70)/t36-,37-,38-,39-/m1/s1. The Morgan fingerprint density at radius 1 is 0.393 bits per heavy atom. The summed E-state index contributed by atoms with van der Waals surface area (Å²) in [5.74, 6) is -6.32. The summed E-state index contributed by atoms with van der Waals surface area (Å²) in [7, 11) is 5.28. The van der Waals surface area contributed by atoms with Crippen molar-refractivity contribution >= 4 is 93.8 Å². The van der Waals surface area contributed by atoms with E-state index in [2.05, 4.69) is 57.2 Å². The number of benzene rings is 4. The minimum atomic E-state index is -1.32. The predicted octanol–water partition coefficient (Wildman–Crippen LogP) is -1.49. The van der Waals surface area contributed by atoms with Gasteiger partial charge in [-0.25, -0.2) is 0 Å². The number of carbonyl (C=O) groups is 8. The molecule has 0 bridgehead atoms. The highest BCUT2D eigenvalue weighted by Gasteiger charge is 2.29. The second-order valence-corrected chi connectivity index (χ2v) is 19.5. The van der Waals surface area contributed by atoms with E-state index < -0.39 is 71.4 Å². The Morgan fingerprint density at radius 3 is 1.01 bits per heavy atom. The van der Waals surface area contributed by atoms with Crippen LogP contribution in [0, 0.1) is 0 Å². The lowest BCUT2D eigenvalue weighted by molar-refractivity contribution is -0.118.